The van der Waals surface area contributed by atoms with Crippen molar-refractivity contribution >= 4 is 5.69 Å². The van der Waals surface area contributed by atoms with Gasteiger partial charge in [0.05, 0.1) is 6.10 Å². The van der Waals surface area contributed by atoms with Crippen LogP contribution in [0.2, 0.25) is 0 Å². The van der Waals surface area contributed by atoms with Gasteiger partial charge in [-0.05, 0) is 44.1 Å². The molecule has 1 heterocycles. The molecule has 1 aromatic carbocycles. The maximum atomic E-state index is 12.9. The fourth-order valence-corrected chi connectivity index (χ4v) is 2.16. The van der Waals surface area contributed by atoms with Crippen LogP contribution < -0.4 is 5.32 Å². The average Bonchev–Trinajstić information content (AvgIpc) is 2.79. The van der Waals surface area contributed by atoms with Gasteiger partial charge in [-0.3, -0.25) is 0 Å². The Hall–Kier alpha value is -1.13. The number of aliphatic hydroxyl groups is 1. The first-order valence-electron chi connectivity index (χ1n) is 6.14. The lowest BCUT2D eigenvalue weighted by Gasteiger charge is -2.19. The van der Waals surface area contributed by atoms with Crippen molar-refractivity contribution in [1.29, 1.82) is 0 Å². The van der Waals surface area contributed by atoms with Crippen LogP contribution in [0.25, 0.3) is 0 Å². The Bertz CT molecular complexity index is 353. The first kappa shape index (κ1) is 12.3. The molecule has 0 bridgehead atoms. The number of anilines is 1. The van der Waals surface area contributed by atoms with E-state index in [1.54, 1.807) is 12.1 Å². The third-order valence-electron chi connectivity index (χ3n) is 3.03. The molecule has 1 saturated heterocycles. The summed E-state index contributed by atoms with van der Waals surface area (Å²) in [6.07, 6.45) is 2.05. The van der Waals surface area contributed by atoms with Crippen molar-refractivity contribution in [1.82, 2.24) is 4.90 Å². The number of halogens is 1. The summed E-state index contributed by atoms with van der Waals surface area (Å²) in [7, 11) is 0. The number of β-amino-alcohol motifs (C(OH)–C–C–N with tert-alkyl or cyclic N) is 1. The van der Waals surface area contributed by atoms with Crippen LogP contribution in [0.3, 0.4) is 0 Å². The predicted octanol–water partition coefficient (Wildman–Crippen LogP) is 1.69. The fraction of sp³-hybridized carbons (Fsp3) is 0.538. The summed E-state index contributed by atoms with van der Waals surface area (Å²) in [4.78, 5) is 2.26. The normalized spacial score (nSPS) is 18.2. The van der Waals surface area contributed by atoms with Crippen LogP contribution >= 0.6 is 0 Å². The second-order valence-electron chi connectivity index (χ2n) is 4.55. The molecule has 1 atom stereocenters. The van der Waals surface area contributed by atoms with Gasteiger partial charge >= 0.3 is 0 Å². The van der Waals surface area contributed by atoms with Crippen molar-refractivity contribution in [2.24, 2.45) is 0 Å². The van der Waals surface area contributed by atoms with E-state index >= 15 is 0 Å². The maximum absolute atomic E-state index is 12.9. The van der Waals surface area contributed by atoms with Gasteiger partial charge in [0.1, 0.15) is 5.82 Å². The zero-order chi connectivity index (χ0) is 12.1. The minimum atomic E-state index is -0.406. The molecule has 1 aliphatic heterocycles. The van der Waals surface area contributed by atoms with Crippen LogP contribution in [0, 0.1) is 5.82 Å². The van der Waals surface area contributed by atoms with Crippen LogP contribution in [0.1, 0.15) is 12.8 Å². The van der Waals surface area contributed by atoms with Crippen molar-refractivity contribution in [3.63, 3.8) is 0 Å². The molecule has 17 heavy (non-hydrogen) atoms. The van der Waals surface area contributed by atoms with Crippen molar-refractivity contribution in [2.75, 3.05) is 31.5 Å². The standard InChI is InChI=1S/C13H19FN2O/c14-11-4-3-5-12(8-11)15-9-13(17)10-16-6-1-2-7-16/h3-5,8,13,15,17H,1-2,6-7,9-10H2. The molecule has 2 rings (SSSR count). The Morgan fingerprint density at radius 2 is 2.12 bits per heavy atom. The van der Waals surface area contributed by atoms with E-state index in [0.717, 1.165) is 13.1 Å². The fourth-order valence-electron chi connectivity index (χ4n) is 2.16. The Balaban J connectivity index is 1.73. The zero-order valence-corrected chi connectivity index (χ0v) is 9.90. The molecule has 0 aliphatic carbocycles. The molecule has 1 aromatic rings. The number of hydrogen-bond acceptors (Lipinski definition) is 3. The Kier molecular flexibility index (Phi) is 4.34. The maximum Gasteiger partial charge on any atom is 0.125 e. The average molecular weight is 238 g/mol. The van der Waals surface area contributed by atoms with Gasteiger partial charge in [-0.2, -0.15) is 0 Å². The lowest BCUT2D eigenvalue weighted by atomic mass is 10.3. The molecule has 0 radical (unpaired) electrons. The van der Waals surface area contributed by atoms with E-state index in [1.165, 1.54) is 25.0 Å². The quantitative estimate of drug-likeness (QED) is 0.819. The molecule has 1 aliphatic rings. The summed E-state index contributed by atoms with van der Waals surface area (Å²) in [5.41, 5.74) is 0.713. The van der Waals surface area contributed by atoms with Gasteiger partial charge in [-0.1, -0.05) is 6.07 Å². The largest absolute Gasteiger partial charge is 0.390 e. The van der Waals surface area contributed by atoms with Gasteiger partial charge in [-0.15, -0.1) is 0 Å². The molecule has 3 nitrogen and oxygen atoms in total. The molecule has 0 spiro atoms. The Morgan fingerprint density at radius 3 is 2.82 bits per heavy atom. The van der Waals surface area contributed by atoms with E-state index in [2.05, 4.69) is 10.2 Å². The third kappa shape index (κ3) is 3.98. The van der Waals surface area contributed by atoms with Crippen molar-refractivity contribution < 1.29 is 9.50 Å². The van der Waals surface area contributed by atoms with E-state index in [4.69, 9.17) is 0 Å². The Morgan fingerprint density at radius 1 is 1.35 bits per heavy atom. The lowest BCUT2D eigenvalue weighted by molar-refractivity contribution is 0.135. The second-order valence-corrected chi connectivity index (χ2v) is 4.55. The van der Waals surface area contributed by atoms with E-state index in [0.29, 0.717) is 18.8 Å². The van der Waals surface area contributed by atoms with Gasteiger partial charge in [0.25, 0.3) is 0 Å². The first-order valence-corrected chi connectivity index (χ1v) is 6.14. The number of rotatable bonds is 5. The lowest BCUT2D eigenvalue weighted by Crippen LogP contribution is -2.34. The summed E-state index contributed by atoms with van der Waals surface area (Å²) in [5, 5.41) is 12.9. The van der Waals surface area contributed by atoms with Crippen molar-refractivity contribution in [3.8, 4) is 0 Å². The van der Waals surface area contributed by atoms with Gasteiger partial charge < -0.3 is 15.3 Å². The molecule has 0 aromatic heterocycles. The second kappa shape index (κ2) is 5.98. The number of nitrogens with zero attached hydrogens (tertiary/aromatic N) is 1. The van der Waals surface area contributed by atoms with Crippen molar-refractivity contribution in [3.05, 3.63) is 30.1 Å². The molecule has 94 valence electrons. The minimum Gasteiger partial charge on any atom is -0.390 e. The molecule has 0 saturated carbocycles. The smallest absolute Gasteiger partial charge is 0.125 e. The highest BCUT2D eigenvalue weighted by Gasteiger charge is 2.15. The number of nitrogens with one attached hydrogen (secondary N) is 1. The number of benzene rings is 1. The molecule has 1 fully saturated rings. The summed E-state index contributed by atoms with van der Waals surface area (Å²) < 4.78 is 12.9. The van der Waals surface area contributed by atoms with Crippen LogP contribution in [0.5, 0.6) is 0 Å². The summed E-state index contributed by atoms with van der Waals surface area (Å²) in [6, 6.07) is 6.30. The minimum absolute atomic E-state index is 0.260. The van der Waals surface area contributed by atoms with Gasteiger partial charge in [0.15, 0.2) is 0 Å². The van der Waals surface area contributed by atoms with Gasteiger partial charge in [0, 0.05) is 18.8 Å². The van der Waals surface area contributed by atoms with E-state index in [9.17, 15) is 9.50 Å². The van der Waals surface area contributed by atoms with Crippen LogP contribution in [0.15, 0.2) is 24.3 Å². The highest BCUT2D eigenvalue weighted by atomic mass is 19.1. The summed E-state index contributed by atoms with van der Waals surface area (Å²) in [6.45, 7) is 3.32. The molecule has 1 unspecified atom stereocenters. The summed E-state index contributed by atoms with van der Waals surface area (Å²) in [5.74, 6) is -0.260. The summed E-state index contributed by atoms with van der Waals surface area (Å²) >= 11 is 0. The zero-order valence-electron chi connectivity index (χ0n) is 9.90. The topological polar surface area (TPSA) is 35.5 Å². The molecule has 0 amide bonds. The third-order valence-corrected chi connectivity index (χ3v) is 3.03. The highest BCUT2D eigenvalue weighted by molar-refractivity contribution is 5.43. The first-order chi connectivity index (χ1) is 8.24. The molecular formula is C13H19FN2O. The number of likely N-dealkylation sites (tertiary alicyclic amines) is 1. The number of aliphatic hydroxyl groups excluding tert-OH is 1. The van der Waals surface area contributed by atoms with E-state index in [1.807, 2.05) is 0 Å². The van der Waals surface area contributed by atoms with E-state index in [-0.39, 0.29) is 5.82 Å². The van der Waals surface area contributed by atoms with Gasteiger partial charge in [-0.25, -0.2) is 4.39 Å². The number of hydrogen-bond donors (Lipinski definition) is 2. The van der Waals surface area contributed by atoms with Crippen LogP contribution in [0.4, 0.5) is 10.1 Å². The molecule has 2 N–H and O–H groups in total. The van der Waals surface area contributed by atoms with Crippen molar-refractivity contribution in [2.45, 2.75) is 18.9 Å². The van der Waals surface area contributed by atoms with Gasteiger partial charge in [0.2, 0.25) is 0 Å². The SMILES string of the molecule is OC(CNc1cccc(F)c1)CN1CCCC1. The van der Waals surface area contributed by atoms with E-state index < -0.39 is 6.10 Å². The molecular weight excluding hydrogens is 219 g/mol. The molecule has 4 heteroatoms. The Labute approximate surface area is 101 Å². The highest BCUT2D eigenvalue weighted by Crippen LogP contribution is 2.10. The predicted molar refractivity (Wildman–Crippen MR) is 66.6 cm³/mol. The van der Waals surface area contributed by atoms with Crippen LogP contribution in [-0.4, -0.2) is 42.3 Å². The monoisotopic (exact) mass is 238 g/mol. The van der Waals surface area contributed by atoms with Crippen LogP contribution in [-0.2, 0) is 0 Å².